The Balaban J connectivity index is 1.68. The Kier molecular flexibility index (Phi) is 3.91. The van der Waals surface area contributed by atoms with Gasteiger partial charge in [-0.1, -0.05) is 43.3 Å². The molecule has 3 rings (SSSR count). The largest absolute Gasteiger partial charge is 0.483 e. The van der Waals surface area contributed by atoms with Crippen molar-refractivity contribution in [1.82, 2.24) is 0 Å². The van der Waals surface area contributed by atoms with Crippen molar-refractivity contribution in [3.63, 3.8) is 0 Å². The van der Waals surface area contributed by atoms with Crippen molar-refractivity contribution in [1.29, 1.82) is 0 Å². The van der Waals surface area contributed by atoms with Crippen molar-refractivity contribution in [2.24, 2.45) is 0 Å². The molecule has 0 aliphatic carbocycles. The molecule has 1 aliphatic heterocycles. The van der Waals surface area contributed by atoms with E-state index >= 15 is 0 Å². The first-order valence-corrected chi connectivity index (χ1v) is 7.38. The highest BCUT2D eigenvalue weighted by atomic mass is 16.5. The van der Waals surface area contributed by atoms with Gasteiger partial charge < -0.3 is 9.64 Å². The van der Waals surface area contributed by atoms with E-state index in [2.05, 4.69) is 13.0 Å². The molecule has 0 unspecified atom stereocenters. The number of amides is 1. The number of anilines is 1. The highest BCUT2D eigenvalue weighted by Crippen LogP contribution is 2.27. The third kappa shape index (κ3) is 2.77. The van der Waals surface area contributed by atoms with Gasteiger partial charge in [0.05, 0.1) is 0 Å². The topological polar surface area (TPSA) is 29.5 Å². The number of hydrogen-bond acceptors (Lipinski definition) is 2. The Morgan fingerprint density at radius 1 is 1.14 bits per heavy atom. The van der Waals surface area contributed by atoms with Crippen LogP contribution in [0.15, 0.2) is 48.5 Å². The summed E-state index contributed by atoms with van der Waals surface area (Å²) in [5.41, 5.74) is 3.39. The predicted molar refractivity (Wildman–Crippen MR) is 83.8 cm³/mol. The summed E-state index contributed by atoms with van der Waals surface area (Å²) in [5.74, 6) is 0.826. The summed E-state index contributed by atoms with van der Waals surface area (Å²) >= 11 is 0. The minimum Gasteiger partial charge on any atom is -0.483 e. The lowest BCUT2D eigenvalue weighted by atomic mass is 10.1. The van der Waals surface area contributed by atoms with E-state index in [9.17, 15) is 4.79 Å². The van der Waals surface area contributed by atoms with E-state index in [1.54, 1.807) is 0 Å². The van der Waals surface area contributed by atoms with E-state index in [1.807, 2.05) is 47.4 Å². The molecule has 0 bridgehead atoms. The highest BCUT2D eigenvalue weighted by Gasteiger charge is 2.24. The van der Waals surface area contributed by atoms with Gasteiger partial charge in [-0.3, -0.25) is 4.79 Å². The fourth-order valence-corrected chi connectivity index (χ4v) is 2.75. The van der Waals surface area contributed by atoms with Crippen LogP contribution in [0.4, 0.5) is 5.69 Å². The van der Waals surface area contributed by atoms with E-state index in [1.165, 1.54) is 5.56 Å². The van der Waals surface area contributed by atoms with Crippen LogP contribution in [-0.4, -0.2) is 19.1 Å². The van der Waals surface area contributed by atoms with Crippen LogP contribution in [0, 0.1) is 0 Å². The molecule has 0 spiro atoms. The molecule has 3 nitrogen and oxygen atoms in total. The normalized spacial score (nSPS) is 13.1. The Morgan fingerprint density at radius 3 is 2.76 bits per heavy atom. The minimum absolute atomic E-state index is 0.0193. The molecule has 108 valence electrons. The molecule has 0 atom stereocenters. The maximum absolute atomic E-state index is 12.4. The maximum atomic E-state index is 12.4. The van der Waals surface area contributed by atoms with Crippen LogP contribution in [0.3, 0.4) is 0 Å². The van der Waals surface area contributed by atoms with Crippen molar-refractivity contribution in [2.45, 2.75) is 19.8 Å². The Hall–Kier alpha value is -2.29. The molecule has 2 aromatic rings. The number of hydrogen-bond donors (Lipinski definition) is 0. The smallest absolute Gasteiger partial charge is 0.264 e. The highest BCUT2D eigenvalue weighted by molar-refractivity contribution is 5.96. The third-order valence-corrected chi connectivity index (χ3v) is 3.89. The molecule has 0 radical (unpaired) electrons. The molecule has 0 saturated heterocycles. The molecule has 0 N–H and O–H groups in total. The number of fused-ring (bicyclic) bond motifs is 1. The Bertz CT molecular complexity index is 651. The molecule has 0 fully saturated rings. The summed E-state index contributed by atoms with van der Waals surface area (Å²) in [4.78, 5) is 14.2. The molecule has 0 saturated carbocycles. The van der Waals surface area contributed by atoms with Crippen LogP contribution in [0.1, 0.15) is 18.1 Å². The summed E-state index contributed by atoms with van der Waals surface area (Å²) in [6.45, 7) is 2.92. The summed E-state index contributed by atoms with van der Waals surface area (Å²) in [6, 6.07) is 15.9. The van der Waals surface area contributed by atoms with Gasteiger partial charge in [-0.25, -0.2) is 0 Å². The number of rotatable bonds is 4. The van der Waals surface area contributed by atoms with Gasteiger partial charge in [0.1, 0.15) is 5.75 Å². The van der Waals surface area contributed by atoms with E-state index < -0.39 is 0 Å². The zero-order valence-electron chi connectivity index (χ0n) is 12.2. The van der Waals surface area contributed by atoms with E-state index in [-0.39, 0.29) is 12.5 Å². The van der Waals surface area contributed by atoms with Crippen molar-refractivity contribution < 1.29 is 9.53 Å². The van der Waals surface area contributed by atoms with E-state index in [4.69, 9.17) is 4.74 Å². The zero-order valence-corrected chi connectivity index (χ0v) is 12.2. The number of nitrogens with zero attached hydrogens (tertiary/aromatic N) is 1. The molecule has 1 heterocycles. The van der Waals surface area contributed by atoms with E-state index in [0.717, 1.165) is 36.4 Å². The Morgan fingerprint density at radius 2 is 1.90 bits per heavy atom. The standard InChI is InChI=1S/C18H19NO2/c1-2-14-7-4-6-10-17(14)21-13-18(20)19-12-11-15-8-3-5-9-16(15)19/h3-10H,2,11-13H2,1H3. The van der Waals surface area contributed by atoms with Gasteiger partial charge >= 0.3 is 0 Å². The summed E-state index contributed by atoms with van der Waals surface area (Å²) in [7, 11) is 0. The zero-order chi connectivity index (χ0) is 14.7. The number of aryl methyl sites for hydroxylation is 1. The van der Waals surface area contributed by atoms with Crippen molar-refractivity contribution in [3.8, 4) is 5.75 Å². The summed E-state index contributed by atoms with van der Waals surface area (Å²) in [5, 5.41) is 0. The average molecular weight is 281 g/mol. The van der Waals surface area contributed by atoms with Crippen LogP contribution in [0.2, 0.25) is 0 Å². The first-order valence-electron chi connectivity index (χ1n) is 7.38. The third-order valence-electron chi connectivity index (χ3n) is 3.89. The molecule has 2 aromatic carbocycles. The minimum atomic E-state index is 0.0193. The number of para-hydroxylation sites is 2. The van der Waals surface area contributed by atoms with Gasteiger partial charge in [-0.15, -0.1) is 0 Å². The van der Waals surface area contributed by atoms with Crippen molar-refractivity contribution in [2.75, 3.05) is 18.1 Å². The van der Waals surface area contributed by atoms with Gasteiger partial charge in [0.15, 0.2) is 6.61 Å². The summed E-state index contributed by atoms with van der Waals surface area (Å²) in [6.07, 6.45) is 1.82. The van der Waals surface area contributed by atoms with E-state index in [0.29, 0.717) is 0 Å². The maximum Gasteiger partial charge on any atom is 0.264 e. The molecule has 1 amide bonds. The predicted octanol–water partition coefficient (Wildman–Crippen LogP) is 3.22. The number of benzene rings is 2. The fraction of sp³-hybridized carbons (Fsp3) is 0.278. The molecule has 3 heteroatoms. The van der Waals surface area contributed by atoms with Gasteiger partial charge in [0, 0.05) is 12.2 Å². The fourth-order valence-electron chi connectivity index (χ4n) is 2.75. The van der Waals surface area contributed by atoms with Crippen LogP contribution in [-0.2, 0) is 17.6 Å². The number of ether oxygens (including phenoxy) is 1. The molecular weight excluding hydrogens is 262 g/mol. The quantitative estimate of drug-likeness (QED) is 0.861. The molecule has 1 aliphatic rings. The first-order chi connectivity index (χ1) is 10.3. The summed E-state index contributed by atoms with van der Waals surface area (Å²) < 4.78 is 5.73. The molecular formula is C18H19NO2. The molecule has 0 aromatic heterocycles. The average Bonchev–Trinajstić information content (AvgIpc) is 2.97. The van der Waals surface area contributed by atoms with Crippen LogP contribution >= 0.6 is 0 Å². The van der Waals surface area contributed by atoms with Crippen LogP contribution in [0.5, 0.6) is 5.75 Å². The number of carbonyl (C=O) groups is 1. The second-order valence-corrected chi connectivity index (χ2v) is 5.17. The molecule has 21 heavy (non-hydrogen) atoms. The van der Waals surface area contributed by atoms with Crippen LogP contribution in [0.25, 0.3) is 0 Å². The lowest BCUT2D eigenvalue weighted by Crippen LogP contribution is -2.33. The van der Waals surface area contributed by atoms with Gasteiger partial charge in [-0.2, -0.15) is 0 Å². The van der Waals surface area contributed by atoms with Crippen LogP contribution < -0.4 is 9.64 Å². The SMILES string of the molecule is CCc1ccccc1OCC(=O)N1CCc2ccccc21. The lowest BCUT2D eigenvalue weighted by Gasteiger charge is -2.18. The van der Waals surface area contributed by atoms with Crippen molar-refractivity contribution in [3.05, 3.63) is 59.7 Å². The van der Waals surface area contributed by atoms with Gasteiger partial charge in [0.2, 0.25) is 0 Å². The van der Waals surface area contributed by atoms with Gasteiger partial charge in [-0.05, 0) is 36.1 Å². The second kappa shape index (κ2) is 6.00. The second-order valence-electron chi connectivity index (χ2n) is 5.17. The monoisotopic (exact) mass is 281 g/mol. The number of carbonyl (C=O) groups excluding carboxylic acids is 1. The Labute approximate surface area is 125 Å². The van der Waals surface area contributed by atoms with Gasteiger partial charge in [0.25, 0.3) is 5.91 Å². The van der Waals surface area contributed by atoms with Crippen molar-refractivity contribution >= 4 is 11.6 Å². The first kappa shape index (κ1) is 13.7. The lowest BCUT2D eigenvalue weighted by molar-refractivity contribution is -0.120.